The number of thioether (sulfide) groups is 1. The number of aliphatic carboxylic acids is 1. The average Bonchev–Trinajstić information content (AvgIpc) is 2.74. The number of nitrogens with one attached hydrogen (secondary N) is 3. The van der Waals surface area contributed by atoms with Crippen LogP contribution in [-0.4, -0.2) is 59.1 Å². The summed E-state index contributed by atoms with van der Waals surface area (Å²) in [5.74, 6) is -1.51. The summed E-state index contributed by atoms with van der Waals surface area (Å²) in [5.41, 5.74) is 1.06. The fraction of sp³-hybridized carbons (Fsp3) is 0.565. The summed E-state index contributed by atoms with van der Waals surface area (Å²) in [5, 5.41) is 17.6. The Morgan fingerprint density at radius 2 is 1.79 bits per heavy atom. The molecule has 0 spiro atoms. The molecule has 9 nitrogen and oxygen atoms in total. The molecule has 0 aromatic heterocycles. The van der Waals surface area contributed by atoms with Crippen molar-refractivity contribution >= 4 is 47.0 Å². The molecule has 0 fully saturated rings. The fourth-order valence-electron chi connectivity index (χ4n) is 3.79. The van der Waals surface area contributed by atoms with Crippen molar-refractivity contribution in [1.29, 1.82) is 0 Å². The van der Waals surface area contributed by atoms with Crippen LogP contribution >= 0.6 is 11.8 Å². The Hall–Kier alpha value is -2.75. The van der Waals surface area contributed by atoms with Gasteiger partial charge in [0.1, 0.15) is 18.1 Å². The van der Waals surface area contributed by atoms with Crippen molar-refractivity contribution in [3.05, 3.63) is 24.3 Å². The van der Waals surface area contributed by atoms with Gasteiger partial charge in [-0.05, 0) is 48.8 Å². The lowest BCUT2D eigenvalue weighted by Crippen LogP contribution is -2.60. The minimum Gasteiger partial charge on any atom is -0.480 e. The number of carbonyl (C=O) groups is 4. The zero-order chi connectivity index (χ0) is 24.7. The number of carboxylic acid groups (broad SMARTS) is 1. The Morgan fingerprint density at radius 3 is 2.36 bits per heavy atom. The maximum Gasteiger partial charge on any atom is 0.326 e. The first-order valence-corrected chi connectivity index (χ1v) is 12.5. The van der Waals surface area contributed by atoms with Gasteiger partial charge in [-0.2, -0.15) is 11.8 Å². The van der Waals surface area contributed by atoms with Crippen LogP contribution in [0.2, 0.25) is 0 Å². The van der Waals surface area contributed by atoms with Crippen LogP contribution in [0.5, 0.6) is 0 Å². The molecular formula is C23H34N4O5S. The summed E-state index contributed by atoms with van der Waals surface area (Å²) in [4.78, 5) is 52.2. The van der Waals surface area contributed by atoms with Crippen molar-refractivity contribution < 1.29 is 24.3 Å². The molecule has 4 N–H and O–H groups in total. The molecule has 0 unspecified atom stereocenters. The van der Waals surface area contributed by atoms with Gasteiger partial charge < -0.3 is 21.1 Å². The number of para-hydroxylation sites is 2. The van der Waals surface area contributed by atoms with E-state index in [1.54, 1.807) is 24.3 Å². The first-order chi connectivity index (χ1) is 15.6. The van der Waals surface area contributed by atoms with Crippen LogP contribution in [-0.2, 0) is 14.4 Å². The third-order valence-electron chi connectivity index (χ3n) is 5.37. The fourth-order valence-corrected chi connectivity index (χ4v) is 4.26. The van der Waals surface area contributed by atoms with E-state index in [4.69, 9.17) is 0 Å². The number of amides is 4. The number of carbonyl (C=O) groups excluding carboxylic acids is 3. The molecule has 0 aliphatic carbocycles. The predicted molar refractivity (Wildman–Crippen MR) is 131 cm³/mol. The predicted octanol–water partition coefficient (Wildman–Crippen LogP) is 2.92. The van der Waals surface area contributed by atoms with Crippen LogP contribution in [0.1, 0.15) is 40.5 Å². The Balaban J connectivity index is 2.30. The molecule has 33 heavy (non-hydrogen) atoms. The lowest BCUT2D eigenvalue weighted by Gasteiger charge is -2.39. The third kappa shape index (κ3) is 6.86. The topological polar surface area (TPSA) is 128 Å². The van der Waals surface area contributed by atoms with Gasteiger partial charge in [-0.15, -0.1) is 0 Å². The SMILES string of the molecule is CSCC[C@H](NC(=O)[C@@H](CC(C)C)NC(=O)N1c2ccccc2NC(=O)[C@@H]1C(C)C)C(=O)O. The monoisotopic (exact) mass is 478 g/mol. The highest BCUT2D eigenvalue weighted by Crippen LogP contribution is 2.34. The molecule has 1 aliphatic rings. The summed E-state index contributed by atoms with van der Waals surface area (Å²) in [6.07, 6.45) is 2.46. The molecule has 0 bridgehead atoms. The van der Waals surface area contributed by atoms with E-state index in [9.17, 15) is 24.3 Å². The Kier molecular flexibility index (Phi) is 9.57. The number of benzene rings is 1. The summed E-state index contributed by atoms with van der Waals surface area (Å²) in [7, 11) is 0. The molecule has 1 aromatic carbocycles. The van der Waals surface area contributed by atoms with Gasteiger partial charge in [-0.3, -0.25) is 14.5 Å². The minimum atomic E-state index is -1.12. The first kappa shape index (κ1) is 26.5. The van der Waals surface area contributed by atoms with Gasteiger partial charge in [-0.1, -0.05) is 39.8 Å². The molecule has 3 atom stereocenters. The van der Waals surface area contributed by atoms with E-state index in [1.165, 1.54) is 16.7 Å². The average molecular weight is 479 g/mol. The van der Waals surface area contributed by atoms with Crippen LogP contribution in [0.25, 0.3) is 0 Å². The number of carboxylic acids is 1. The van der Waals surface area contributed by atoms with Gasteiger partial charge in [-0.25, -0.2) is 9.59 Å². The Bertz CT molecular complexity index is 876. The van der Waals surface area contributed by atoms with E-state index in [0.29, 0.717) is 23.5 Å². The maximum atomic E-state index is 13.4. The molecule has 1 heterocycles. The summed E-state index contributed by atoms with van der Waals surface area (Å²) < 4.78 is 0. The number of fused-ring (bicyclic) bond motifs is 1. The molecule has 4 amide bonds. The molecular weight excluding hydrogens is 444 g/mol. The molecule has 0 saturated carbocycles. The molecule has 1 aliphatic heterocycles. The Labute approximate surface area is 199 Å². The highest BCUT2D eigenvalue weighted by atomic mass is 32.2. The van der Waals surface area contributed by atoms with E-state index in [0.717, 1.165) is 0 Å². The van der Waals surface area contributed by atoms with Gasteiger partial charge >= 0.3 is 12.0 Å². The molecule has 2 rings (SSSR count). The summed E-state index contributed by atoms with van der Waals surface area (Å²) in [6.45, 7) is 7.52. The number of rotatable bonds is 10. The van der Waals surface area contributed by atoms with Crippen LogP contribution in [0.4, 0.5) is 16.2 Å². The van der Waals surface area contributed by atoms with Crippen molar-refractivity contribution in [3.63, 3.8) is 0 Å². The second kappa shape index (κ2) is 11.9. The van der Waals surface area contributed by atoms with E-state index in [2.05, 4.69) is 16.0 Å². The van der Waals surface area contributed by atoms with Gasteiger partial charge in [0.25, 0.3) is 0 Å². The smallest absolute Gasteiger partial charge is 0.326 e. The molecule has 1 aromatic rings. The van der Waals surface area contributed by atoms with Crippen molar-refractivity contribution in [2.24, 2.45) is 11.8 Å². The lowest BCUT2D eigenvalue weighted by atomic mass is 9.97. The number of nitrogens with zero attached hydrogens (tertiary/aromatic N) is 1. The molecule has 0 radical (unpaired) electrons. The number of anilines is 2. The minimum absolute atomic E-state index is 0.0633. The molecule has 10 heteroatoms. The second-order valence-electron chi connectivity index (χ2n) is 8.88. The number of hydrogen-bond donors (Lipinski definition) is 4. The largest absolute Gasteiger partial charge is 0.480 e. The van der Waals surface area contributed by atoms with Crippen molar-refractivity contribution in [3.8, 4) is 0 Å². The van der Waals surface area contributed by atoms with E-state index in [1.807, 2.05) is 34.0 Å². The normalized spacial score (nSPS) is 17.2. The van der Waals surface area contributed by atoms with Crippen molar-refractivity contribution in [2.75, 3.05) is 22.2 Å². The van der Waals surface area contributed by atoms with Gasteiger partial charge in [0.05, 0.1) is 11.4 Å². The molecule has 182 valence electrons. The van der Waals surface area contributed by atoms with Gasteiger partial charge in [0.2, 0.25) is 11.8 Å². The first-order valence-electron chi connectivity index (χ1n) is 11.1. The van der Waals surface area contributed by atoms with Crippen molar-refractivity contribution in [2.45, 2.75) is 58.7 Å². The highest BCUT2D eigenvalue weighted by molar-refractivity contribution is 7.98. The Morgan fingerprint density at radius 1 is 1.12 bits per heavy atom. The van der Waals surface area contributed by atoms with Gasteiger partial charge in [0, 0.05) is 0 Å². The summed E-state index contributed by atoms with van der Waals surface area (Å²) >= 11 is 1.49. The van der Waals surface area contributed by atoms with E-state index in [-0.39, 0.29) is 24.2 Å². The van der Waals surface area contributed by atoms with Gasteiger partial charge in [0.15, 0.2) is 0 Å². The highest BCUT2D eigenvalue weighted by Gasteiger charge is 2.40. The zero-order valence-electron chi connectivity index (χ0n) is 19.8. The standard InChI is InChI=1S/C23H34N4O5S/c1-13(2)12-17(20(28)25-16(22(30)31)10-11-33-5)26-23(32)27-18-9-7-6-8-15(18)24-21(29)19(27)14(3)4/h6-9,13-14,16-17,19H,10-12H2,1-5H3,(H,24,29)(H,25,28)(H,26,32)(H,30,31)/t16-,17+,19-/m0/s1. The third-order valence-corrected chi connectivity index (χ3v) is 6.01. The van der Waals surface area contributed by atoms with Crippen LogP contribution in [0.15, 0.2) is 24.3 Å². The van der Waals surface area contributed by atoms with Crippen molar-refractivity contribution in [1.82, 2.24) is 10.6 Å². The van der Waals surface area contributed by atoms with Crippen LogP contribution in [0.3, 0.4) is 0 Å². The molecule has 0 saturated heterocycles. The lowest BCUT2D eigenvalue weighted by molar-refractivity contribution is -0.142. The van der Waals surface area contributed by atoms with Crippen LogP contribution in [0, 0.1) is 11.8 Å². The maximum absolute atomic E-state index is 13.4. The van der Waals surface area contributed by atoms with E-state index >= 15 is 0 Å². The number of urea groups is 1. The van der Waals surface area contributed by atoms with Crippen LogP contribution < -0.4 is 20.9 Å². The summed E-state index contributed by atoms with van der Waals surface area (Å²) in [6, 6.07) is 3.68. The quantitative estimate of drug-likeness (QED) is 0.409. The van der Waals surface area contributed by atoms with E-state index < -0.39 is 36.0 Å². The second-order valence-corrected chi connectivity index (χ2v) is 9.86. The number of hydrogen-bond acceptors (Lipinski definition) is 5. The zero-order valence-corrected chi connectivity index (χ0v) is 20.6.